The molecule has 3 aromatic rings. The molecule has 1 amide bonds. The highest BCUT2D eigenvalue weighted by molar-refractivity contribution is 5.83. The summed E-state index contributed by atoms with van der Waals surface area (Å²) in [5.41, 5.74) is 1.05. The van der Waals surface area contributed by atoms with Gasteiger partial charge < -0.3 is 18.6 Å². The fourth-order valence-electron chi connectivity index (χ4n) is 3.07. The van der Waals surface area contributed by atoms with Crippen LogP contribution in [-0.4, -0.2) is 45.3 Å². The molecule has 0 aliphatic carbocycles. The molecule has 1 fully saturated rings. The number of nitrogens with zero attached hydrogens (tertiary/aromatic N) is 4. The van der Waals surface area contributed by atoms with Gasteiger partial charge in [0, 0.05) is 25.2 Å². The van der Waals surface area contributed by atoms with Gasteiger partial charge in [-0.2, -0.15) is 0 Å². The number of para-hydroxylation sites is 1. The summed E-state index contributed by atoms with van der Waals surface area (Å²) < 4.78 is 13.0. The highest BCUT2D eigenvalue weighted by Gasteiger charge is 2.32. The van der Waals surface area contributed by atoms with Crippen LogP contribution in [0.1, 0.15) is 17.8 Å². The zero-order chi connectivity index (χ0) is 16.5. The van der Waals surface area contributed by atoms with E-state index in [1.807, 2.05) is 41.1 Å². The SMILES string of the molecule is Cc1nnc([C@H]2COCCN2C(=O)Cn2ccc3ccccc32)o1. The second-order valence-electron chi connectivity index (χ2n) is 5.84. The zero-order valence-electron chi connectivity index (χ0n) is 13.4. The third-order valence-corrected chi connectivity index (χ3v) is 4.26. The highest BCUT2D eigenvalue weighted by atomic mass is 16.5. The summed E-state index contributed by atoms with van der Waals surface area (Å²) in [5, 5.41) is 9.03. The lowest BCUT2D eigenvalue weighted by molar-refractivity contribution is -0.141. The minimum atomic E-state index is -0.325. The van der Waals surface area contributed by atoms with Gasteiger partial charge in [-0.15, -0.1) is 10.2 Å². The lowest BCUT2D eigenvalue weighted by atomic mass is 10.2. The van der Waals surface area contributed by atoms with Gasteiger partial charge in [-0.25, -0.2) is 0 Å². The van der Waals surface area contributed by atoms with Crippen LogP contribution in [0.15, 0.2) is 40.9 Å². The summed E-state index contributed by atoms with van der Waals surface area (Å²) in [4.78, 5) is 14.6. The van der Waals surface area contributed by atoms with Gasteiger partial charge in [-0.05, 0) is 17.5 Å². The van der Waals surface area contributed by atoms with Crippen molar-refractivity contribution < 1.29 is 13.9 Å². The molecule has 7 heteroatoms. The van der Waals surface area contributed by atoms with Gasteiger partial charge in [-0.3, -0.25) is 4.79 Å². The van der Waals surface area contributed by atoms with E-state index < -0.39 is 0 Å². The molecule has 3 heterocycles. The average Bonchev–Trinajstić information content (AvgIpc) is 3.22. The van der Waals surface area contributed by atoms with Gasteiger partial charge in [-0.1, -0.05) is 18.2 Å². The number of aryl methyl sites for hydroxylation is 1. The number of rotatable bonds is 3. The number of amides is 1. The first kappa shape index (κ1) is 14.9. The van der Waals surface area contributed by atoms with E-state index in [4.69, 9.17) is 9.15 Å². The monoisotopic (exact) mass is 326 g/mol. The van der Waals surface area contributed by atoms with Crippen molar-refractivity contribution >= 4 is 16.8 Å². The minimum Gasteiger partial charge on any atom is -0.423 e. The van der Waals surface area contributed by atoms with E-state index in [9.17, 15) is 4.79 Å². The molecule has 0 saturated carbocycles. The van der Waals surface area contributed by atoms with Gasteiger partial charge in [0.15, 0.2) is 0 Å². The lowest BCUT2D eigenvalue weighted by Crippen LogP contribution is -2.44. The molecule has 1 aliphatic rings. The molecular formula is C17H18N4O3. The summed E-state index contributed by atoms with van der Waals surface area (Å²) in [6, 6.07) is 9.71. The first-order chi connectivity index (χ1) is 11.7. The predicted octanol–water partition coefficient (Wildman–Crippen LogP) is 1.93. The molecule has 1 saturated heterocycles. The lowest BCUT2D eigenvalue weighted by Gasteiger charge is -2.33. The van der Waals surface area contributed by atoms with Gasteiger partial charge >= 0.3 is 0 Å². The Bertz CT molecular complexity index is 869. The van der Waals surface area contributed by atoms with E-state index in [0.717, 1.165) is 10.9 Å². The largest absolute Gasteiger partial charge is 0.423 e. The standard InChI is InChI=1S/C17H18N4O3/c1-12-18-19-17(24-12)15-11-23-9-8-21(15)16(22)10-20-7-6-13-4-2-3-5-14(13)20/h2-7,15H,8-11H2,1H3/t15-/m1/s1. The Balaban J connectivity index is 1.57. The Morgan fingerprint density at radius 3 is 3.00 bits per heavy atom. The molecule has 1 aliphatic heterocycles. The number of morpholine rings is 1. The van der Waals surface area contributed by atoms with E-state index in [-0.39, 0.29) is 18.5 Å². The molecule has 1 aromatic carbocycles. The van der Waals surface area contributed by atoms with Crippen molar-refractivity contribution in [2.45, 2.75) is 19.5 Å². The van der Waals surface area contributed by atoms with E-state index in [1.54, 1.807) is 11.8 Å². The number of fused-ring (bicyclic) bond motifs is 1. The Kier molecular flexibility index (Phi) is 3.78. The molecule has 0 unspecified atom stereocenters. The maximum Gasteiger partial charge on any atom is 0.243 e. The average molecular weight is 326 g/mol. The van der Waals surface area contributed by atoms with Crippen LogP contribution in [0.2, 0.25) is 0 Å². The van der Waals surface area contributed by atoms with Gasteiger partial charge in [0.25, 0.3) is 0 Å². The number of hydrogen-bond donors (Lipinski definition) is 0. The number of aromatic nitrogens is 3. The van der Waals surface area contributed by atoms with Crippen LogP contribution in [0, 0.1) is 6.92 Å². The number of hydrogen-bond acceptors (Lipinski definition) is 5. The van der Waals surface area contributed by atoms with Gasteiger partial charge in [0.05, 0.1) is 13.2 Å². The van der Waals surface area contributed by atoms with Crippen molar-refractivity contribution in [1.29, 1.82) is 0 Å². The molecule has 24 heavy (non-hydrogen) atoms. The van der Waals surface area contributed by atoms with Crippen molar-refractivity contribution in [2.24, 2.45) is 0 Å². The molecule has 0 bridgehead atoms. The maximum atomic E-state index is 12.9. The van der Waals surface area contributed by atoms with Crippen molar-refractivity contribution in [3.05, 3.63) is 48.3 Å². The fraction of sp³-hybridized carbons (Fsp3) is 0.353. The molecule has 1 atom stereocenters. The molecule has 0 N–H and O–H groups in total. The fourth-order valence-corrected chi connectivity index (χ4v) is 3.07. The Morgan fingerprint density at radius 2 is 2.17 bits per heavy atom. The van der Waals surface area contributed by atoms with Crippen LogP contribution in [0.5, 0.6) is 0 Å². The van der Waals surface area contributed by atoms with Gasteiger partial charge in [0.2, 0.25) is 17.7 Å². The summed E-state index contributed by atoms with van der Waals surface area (Å²) in [5.74, 6) is 0.929. The maximum absolute atomic E-state index is 12.9. The normalized spacial score (nSPS) is 18.2. The third-order valence-electron chi connectivity index (χ3n) is 4.26. The Hall–Kier alpha value is -2.67. The summed E-state index contributed by atoms with van der Waals surface area (Å²) in [7, 11) is 0. The number of carbonyl (C=O) groups is 1. The Morgan fingerprint density at radius 1 is 1.29 bits per heavy atom. The van der Waals surface area contributed by atoms with E-state index in [0.29, 0.717) is 31.5 Å². The smallest absolute Gasteiger partial charge is 0.243 e. The second-order valence-corrected chi connectivity index (χ2v) is 5.84. The minimum absolute atomic E-state index is 0.0144. The van der Waals surface area contributed by atoms with Crippen molar-refractivity contribution in [1.82, 2.24) is 19.7 Å². The first-order valence-corrected chi connectivity index (χ1v) is 7.93. The van der Waals surface area contributed by atoms with Crippen LogP contribution < -0.4 is 0 Å². The van der Waals surface area contributed by atoms with Crippen LogP contribution in [0.3, 0.4) is 0 Å². The summed E-state index contributed by atoms with van der Waals surface area (Å²) >= 11 is 0. The number of ether oxygens (including phenoxy) is 1. The molecule has 2 aromatic heterocycles. The Labute approximate surface area is 138 Å². The van der Waals surface area contributed by atoms with Crippen molar-refractivity contribution in [3.8, 4) is 0 Å². The van der Waals surface area contributed by atoms with E-state index >= 15 is 0 Å². The predicted molar refractivity (Wildman–Crippen MR) is 86.2 cm³/mol. The molecule has 0 radical (unpaired) electrons. The van der Waals surface area contributed by atoms with Crippen LogP contribution in [-0.2, 0) is 16.1 Å². The number of carbonyl (C=O) groups excluding carboxylic acids is 1. The summed E-state index contributed by atoms with van der Waals surface area (Å²) in [6.07, 6.45) is 1.94. The van der Waals surface area contributed by atoms with Crippen molar-refractivity contribution in [2.75, 3.05) is 19.8 Å². The summed E-state index contributed by atoms with van der Waals surface area (Å²) in [6.45, 7) is 3.42. The van der Waals surface area contributed by atoms with E-state index in [2.05, 4.69) is 10.2 Å². The van der Waals surface area contributed by atoms with Gasteiger partial charge in [0.1, 0.15) is 12.6 Å². The highest BCUT2D eigenvalue weighted by Crippen LogP contribution is 2.24. The number of benzene rings is 1. The molecule has 0 spiro atoms. The van der Waals surface area contributed by atoms with Crippen LogP contribution >= 0.6 is 0 Å². The molecule has 124 valence electrons. The topological polar surface area (TPSA) is 73.4 Å². The first-order valence-electron chi connectivity index (χ1n) is 7.93. The molecule has 4 rings (SSSR count). The second kappa shape index (κ2) is 6.09. The van der Waals surface area contributed by atoms with Crippen molar-refractivity contribution in [3.63, 3.8) is 0 Å². The zero-order valence-corrected chi connectivity index (χ0v) is 13.4. The quantitative estimate of drug-likeness (QED) is 0.735. The molecule has 7 nitrogen and oxygen atoms in total. The third kappa shape index (κ3) is 2.67. The molecular weight excluding hydrogens is 308 g/mol. The van der Waals surface area contributed by atoms with E-state index in [1.165, 1.54) is 0 Å². The van der Waals surface area contributed by atoms with Crippen LogP contribution in [0.25, 0.3) is 10.9 Å². The van der Waals surface area contributed by atoms with Crippen LogP contribution in [0.4, 0.5) is 0 Å².